The van der Waals surface area contributed by atoms with Crippen molar-refractivity contribution in [2.24, 2.45) is 0 Å². The van der Waals surface area contributed by atoms with Gasteiger partial charge in [-0.25, -0.2) is 4.39 Å². The van der Waals surface area contributed by atoms with Gasteiger partial charge in [0, 0.05) is 33.4 Å². The number of anilines is 1. The van der Waals surface area contributed by atoms with E-state index in [9.17, 15) is 9.18 Å². The summed E-state index contributed by atoms with van der Waals surface area (Å²) in [7, 11) is 5.73. The van der Waals surface area contributed by atoms with Crippen LogP contribution in [0.25, 0.3) is 5.69 Å². The molecule has 0 fully saturated rings. The number of hydrogen-bond acceptors (Lipinski definition) is 6. The maximum Gasteiger partial charge on any atom is 0.233 e. The second-order valence-electron chi connectivity index (χ2n) is 6.45. The smallest absolute Gasteiger partial charge is 0.233 e. The first-order valence-corrected chi connectivity index (χ1v) is 9.60. The van der Waals surface area contributed by atoms with Crippen LogP contribution in [0.3, 0.4) is 0 Å². The molecule has 1 aromatic heterocycles. The zero-order chi connectivity index (χ0) is 20.1. The number of amides is 1. The summed E-state index contributed by atoms with van der Waals surface area (Å²) in [6, 6.07) is 14.0. The van der Waals surface area contributed by atoms with Crippen LogP contribution in [0.1, 0.15) is 5.56 Å². The Morgan fingerprint density at radius 2 is 1.89 bits per heavy atom. The molecule has 0 atom stereocenters. The van der Waals surface area contributed by atoms with Gasteiger partial charge in [-0.05, 0) is 46.3 Å². The molecule has 0 bridgehead atoms. The monoisotopic (exact) mass is 400 g/mol. The standard InChI is InChI=1S/C19H21FN6OS/c1-24(2)16-9-7-14(8-10-16)12-25(3)18(27)13-28-19-21-22-23-26(19)17-6-4-5-15(20)11-17/h4-11H,12-13H2,1-3H3. The van der Waals surface area contributed by atoms with Crippen LogP contribution < -0.4 is 4.90 Å². The lowest BCUT2D eigenvalue weighted by Gasteiger charge is -2.18. The molecule has 0 radical (unpaired) electrons. The Balaban J connectivity index is 1.59. The molecular formula is C19H21FN6OS. The molecule has 0 aliphatic heterocycles. The molecule has 1 heterocycles. The molecule has 0 saturated carbocycles. The van der Waals surface area contributed by atoms with Crippen LogP contribution in [-0.2, 0) is 11.3 Å². The normalized spacial score (nSPS) is 10.7. The summed E-state index contributed by atoms with van der Waals surface area (Å²) >= 11 is 1.21. The van der Waals surface area contributed by atoms with Gasteiger partial charge in [-0.2, -0.15) is 4.68 Å². The van der Waals surface area contributed by atoms with E-state index in [0.29, 0.717) is 17.4 Å². The van der Waals surface area contributed by atoms with Gasteiger partial charge in [-0.15, -0.1) is 5.10 Å². The van der Waals surface area contributed by atoms with Crippen molar-refractivity contribution in [3.8, 4) is 5.69 Å². The summed E-state index contributed by atoms with van der Waals surface area (Å²) in [5, 5.41) is 11.9. The van der Waals surface area contributed by atoms with Crippen LogP contribution in [0, 0.1) is 5.82 Å². The first-order valence-electron chi connectivity index (χ1n) is 8.61. The number of benzene rings is 2. The highest BCUT2D eigenvalue weighted by atomic mass is 32.2. The topological polar surface area (TPSA) is 67.2 Å². The molecule has 28 heavy (non-hydrogen) atoms. The van der Waals surface area contributed by atoms with E-state index in [-0.39, 0.29) is 17.5 Å². The van der Waals surface area contributed by atoms with Crippen molar-refractivity contribution in [3.63, 3.8) is 0 Å². The molecule has 146 valence electrons. The van der Waals surface area contributed by atoms with Crippen LogP contribution in [0.2, 0.25) is 0 Å². The fourth-order valence-electron chi connectivity index (χ4n) is 2.54. The number of carbonyl (C=O) groups excluding carboxylic acids is 1. The minimum absolute atomic E-state index is 0.0459. The maximum absolute atomic E-state index is 13.4. The van der Waals surface area contributed by atoms with Crippen molar-refractivity contribution in [1.82, 2.24) is 25.1 Å². The van der Waals surface area contributed by atoms with Crippen molar-refractivity contribution < 1.29 is 9.18 Å². The zero-order valence-electron chi connectivity index (χ0n) is 15.9. The molecule has 0 unspecified atom stereocenters. The van der Waals surface area contributed by atoms with Crippen LogP contribution in [-0.4, -0.2) is 57.9 Å². The lowest BCUT2D eigenvalue weighted by Crippen LogP contribution is -2.28. The number of hydrogen-bond donors (Lipinski definition) is 0. The summed E-state index contributed by atoms with van der Waals surface area (Å²) in [5.74, 6) is -0.238. The van der Waals surface area contributed by atoms with Gasteiger partial charge in [-0.3, -0.25) is 4.79 Å². The third kappa shape index (κ3) is 4.86. The number of thioether (sulfide) groups is 1. The fraction of sp³-hybridized carbons (Fsp3) is 0.263. The van der Waals surface area contributed by atoms with E-state index in [1.54, 1.807) is 24.1 Å². The Labute approximate surface area is 167 Å². The summed E-state index contributed by atoms with van der Waals surface area (Å²) < 4.78 is 14.9. The second kappa shape index (κ2) is 8.83. The summed E-state index contributed by atoms with van der Waals surface area (Å²) in [5.41, 5.74) is 2.67. The van der Waals surface area contributed by atoms with Gasteiger partial charge in [0.25, 0.3) is 0 Å². The van der Waals surface area contributed by atoms with Crippen LogP contribution in [0.5, 0.6) is 0 Å². The van der Waals surface area contributed by atoms with Crippen molar-refractivity contribution >= 4 is 23.4 Å². The summed E-state index contributed by atoms with van der Waals surface area (Å²) in [6.45, 7) is 0.516. The van der Waals surface area contributed by atoms with E-state index in [4.69, 9.17) is 0 Å². The van der Waals surface area contributed by atoms with Gasteiger partial charge < -0.3 is 9.80 Å². The highest BCUT2D eigenvalue weighted by molar-refractivity contribution is 7.99. The second-order valence-corrected chi connectivity index (χ2v) is 7.39. The molecule has 0 spiro atoms. The molecule has 3 aromatic rings. The maximum atomic E-state index is 13.4. The molecule has 7 nitrogen and oxygen atoms in total. The van der Waals surface area contributed by atoms with Crippen molar-refractivity contribution in [3.05, 3.63) is 59.9 Å². The van der Waals surface area contributed by atoms with Gasteiger partial charge in [0.05, 0.1) is 11.4 Å². The average Bonchev–Trinajstić information content (AvgIpc) is 3.15. The van der Waals surface area contributed by atoms with Crippen LogP contribution in [0.4, 0.5) is 10.1 Å². The number of nitrogens with zero attached hydrogens (tertiary/aromatic N) is 6. The SMILES string of the molecule is CN(Cc1ccc(N(C)C)cc1)C(=O)CSc1nnnn1-c1cccc(F)c1. The van der Waals surface area contributed by atoms with Gasteiger partial charge in [0.2, 0.25) is 11.1 Å². The largest absolute Gasteiger partial charge is 0.378 e. The molecule has 0 saturated heterocycles. The molecule has 9 heteroatoms. The molecular weight excluding hydrogens is 379 g/mol. The van der Waals surface area contributed by atoms with E-state index >= 15 is 0 Å². The Morgan fingerprint density at radius 3 is 2.57 bits per heavy atom. The minimum Gasteiger partial charge on any atom is -0.378 e. The lowest BCUT2D eigenvalue weighted by atomic mass is 10.2. The highest BCUT2D eigenvalue weighted by Crippen LogP contribution is 2.19. The number of rotatable bonds is 7. The number of tetrazole rings is 1. The van der Waals surface area contributed by atoms with Gasteiger partial charge in [0.15, 0.2) is 0 Å². The van der Waals surface area contributed by atoms with Crippen LogP contribution in [0.15, 0.2) is 53.7 Å². The van der Waals surface area contributed by atoms with E-state index in [1.807, 2.05) is 43.3 Å². The Kier molecular flexibility index (Phi) is 6.25. The molecule has 0 aliphatic rings. The molecule has 2 aromatic carbocycles. The molecule has 3 rings (SSSR count). The molecule has 1 amide bonds. The zero-order valence-corrected chi connectivity index (χ0v) is 16.7. The average molecular weight is 400 g/mol. The van der Waals surface area contributed by atoms with E-state index < -0.39 is 0 Å². The molecule has 0 aliphatic carbocycles. The Morgan fingerprint density at radius 1 is 1.14 bits per heavy atom. The number of carbonyl (C=O) groups is 1. The highest BCUT2D eigenvalue weighted by Gasteiger charge is 2.15. The predicted molar refractivity (Wildman–Crippen MR) is 107 cm³/mol. The third-order valence-corrected chi connectivity index (χ3v) is 5.02. The van der Waals surface area contributed by atoms with Gasteiger partial charge in [-0.1, -0.05) is 30.0 Å². The quantitative estimate of drug-likeness (QED) is 0.568. The van der Waals surface area contributed by atoms with Crippen molar-refractivity contribution in [2.75, 3.05) is 31.8 Å². The Hall–Kier alpha value is -2.94. The van der Waals surface area contributed by atoms with E-state index in [2.05, 4.69) is 15.5 Å². The minimum atomic E-state index is -0.375. The number of halogens is 1. The Bertz CT molecular complexity index is 944. The van der Waals surface area contributed by atoms with Crippen LogP contribution >= 0.6 is 11.8 Å². The predicted octanol–water partition coefficient (Wildman–Crippen LogP) is 2.62. The van der Waals surface area contributed by atoms with E-state index in [0.717, 1.165) is 11.3 Å². The summed E-state index contributed by atoms with van der Waals surface area (Å²) in [4.78, 5) is 16.2. The lowest BCUT2D eigenvalue weighted by molar-refractivity contribution is -0.127. The van der Waals surface area contributed by atoms with Crippen molar-refractivity contribution in [2.45, 2.75) is 11.7 Å². The third-order valence-electron chi connectivity index (χ3n) is 4.12. The van der Waals surface area contributed by atoms with Crippen molar-refractivity contribution in [1.29, 1.82) is 0 Å². The molecule has 0 N–H and O–H groups in total. The first kappa shape index (κ1) is 19.8. The van der Waals surface area contributed by atoms with E-state index in [1.165, 1.54) is 28.6 Å². The van der Waals surface area contributed by atoms with Gasteiger partial charge >= 0.3 is 0 Å². The first-order chi connectivity index (χ1) is 13.4. The fourth-order valence-corrected chi connectivity index (χ4v) is 3.37. The summed E-state index contributed by atoms with van der Waals surface area (Å²) in [6.07, 6.45) is 0. The number of aromatic nitrogens is 4. The van der Waals surface area contributed by atoms with Gasteiger partial charge in [0.1, 0.15) is 5.82 Å².